The summed E-state index contributed by atoms with van der Waals surface area (Å²) in [4.78, 5) is 2.47. The minimum Gasteiger partial charge on any atom is -0.329 e. The number of aryl methyl sites for hydroxylation is 1. The third kappa shape index (κ3) is 2.97. The predicted molar refractivity (Wildman–Crippen MR) is 67.6 cm³/mol. The van der Waals surface area contributed by atoms with Crippen LogP contribution in [0.25, 0.3) is 0 Å². The van der Waals surface area contributed by atoms with Crippen molar-refractivity contribution < 1.29 is 0 Å². The summed E-state index contributed by atoms with van der Waals surface area (Å²) in [6, 6.07) is 0.579. The second-order valence-corrected chi connectivity index (χ2v) is 4.21. The second kappa shape index (κ2) is 6.23. The third-order valence-corrected chi connectivity index (χ3v) is 3.17. The molecule has 1 atom stereocenters. The highest BCUT2D eigenvalue weighted by atomic mass is 35.5. The molecule has 1 aromatic heterocycles. The Kier molecular flexibility index (Phi) is 5.25. The SMILES string of the molecule is CCn1cc(CN2CCCC2CN)cn1.Cl. The molecule has 0 bridgehead atoms. The van der Waals surface area contributed by atoms with Gasteiger partial charge in [-0.3, -0.25) is 9.58 Å². The van der Waals surface area contributed by atoms with Gasteiger partial charge in [-0.1, -0.05) is 0 Å². The van der Waals surface area contributed by atoms with E-state index < -0.39 is 0 Å². The summed E-state index contributed by atoms with van der Waals surface area (Å²) in [5.74, 6) is 0. The molecule has 2 heterocycles. The van der Waals surface area contributed by atoms with Crippen molar-refractivity contribution in [2.75, 3.05) is 13.1 Å². The molecule has 1 aliphatic rings. The summed E-state index contributed by atoms with van der Waals surface area (Å²) in [5, 5.41) is 4.29. The zero-order chi connectivity index (χ0) is 10.7. The average molecular weight is 245 g/mol. The van der Waals surface area contributed by atoms with E-state index in [0.29, 0.717) is 6.04 Å². The molecule has 0 spiro atoms. The molecule has 5 heteroatoms. The van der Waals surface area contributed by atoms with Crippen molar-refractivity contribution in [2.24, 2.45) is 5.73 Å². The monoisotopic (exact) mass is 244 g/mol. The number of hydrogen-bond acceptors (Lipinski definition) is 3. The second-order valence-electron chi connectivity index (χ2n) is 4.21. The molecular formula is C11H21ClN4. The van der Waals surface area contributed by atoms with E-state index in [1.54, 1.807) is 0 Å². The standard InChI is InChI=1S/C11H20N4.ClH/c1-2-15-9-10(7-13-15)8-14-5-3-4-11(14)6-12;/h7,9,11H,2-6,8,12H2,1H3;1H. The largest absolute Gasteiger partial charge is 0.329 e. The van der Waals surface area contributed by atoms with Gasteiger partial charge in [0.05, 0.1) is 6.20 Å². The molecule has 92 valence electrons. The minimum atomic E-state index is 0. The molecule has 0 radical (unpaired) electrons. The minimum absolute atomic E-state index is 0. The van der Waals surface area contributed by atoms with Crippen LogP contribution in [0.5, 0.6) is 0 Å². The lowest BCUT2D eigenvalue weighted by Gasteiger charge is -2.22. The Hall–Kier alpha value is -0.580. The highest BCUT2D eigenvalue weighted by Gasteiger charge is 2.23. The van der Waals surface area contributed by atoms with Crippen molar-refractivity contribution in [2.45, 2.75) is 38.9 Å². The van der Waals surface area contributed by atoms with Gasteiger partial charge in [0.1, 0.15) is 0 Å². The first kappa shape index (κ1) is 13.5. The van der Waals surface area contributed by atoms with Gasteiger partial charge in [-0.05, 0) is 26.3 Å². The van der Waals surface area contributed by atoms with Crippen molar-refractivity contribution >= 4 is 12.4 Å². The fraction of sp³-hybridized carbons (Fsp3) is 0.727. The van der Waals surface area contributed by atoms with Crippen molar-refractivity contribution in [3.05, 3.63) is 18.0 Å². The Balaban J connectivity index is 0.00000128. The van der Waals surface area contributed by atoms with E-state index in [1.165, 1.54) is 24.9 Å². The maximum Gasteiger partial charge on any atom is 0.0534 e. The first-order chi connectivity index (χ1) is 7.33. The maximum absolute atomic E-state index is 5.75. The Morgan fingerprint density at radius 2 is 2.38 bits per heavy atom. The van der Waals surface area contributed by atoms with E-state index in [-0.39, 0.29) is 12.4 Å². The Bertz CT molecular complexity index is 313. The van der Waals surface area contributed by atoms with Crippen molar-refractivity contribution in [1.82, 2.24) is 14.7 Å². The van der Waals surface area contributed by atoms with Gasteiger partial charge >= 0.3 is 0 Å². The van der Waals surface area contributed by atoms with Crippen LogP contribution in [0.4, 0.5) is 0 Å². The normalized spacial score (nSPS) is 21.0. The number of likely N-dealkylation sites (tertiary alicyclic amines) is 1. The molecule has 0 amide bonds. The summed E-state index contributed by atoms with van der Waals surface area (Å²) in [6.07, 6.45) is 6.63. The fourth-order valence-electron chi connectivity index (χ4n) is 2.27. The van der Waals surface area contributed by atoms with Gasteiger partial charge in [0.2, 0.25) is 0 Å². The van der Waals surface area contributed by atoms with Crippen LogP contribution < -0.4 is 5.73 Å². The third-order valence-electron chi connectivity index (χ3n) is 3.17. The molecular weight excluding hydrogens is 224 g/mol. The number of nitrogens with two attached hydrogens (primary N) is 1. The highest BCUT2D eigenvalue weighted by molar-refractivity contribution is 5.85. The summed E-state index contributed by atoms with van der Waals surface area (Å²) >= 11 is 0. The topological polar surface area (TPSA) is 47.1 Å². The maximum atomic E-state index is 5.75. The number of rotatable bonds is 4. The van der Waals surface area contributed by atoms with Gasteiger partial charge in [0.25, 0.3) is 0 Å². The number of aromatic nitrogens is 2. The molecule has 16 heavy (non-hydrogen) atoms. The smallest absolute Gasteiger partial charge is 0.0534 e. The molecule has 1 fully saturated rings. The molecule has 0 saturated carbocycles. The zero-order valence-electron chi connectivity index (χ0n) is 9.80. The lowest BCUT2D eigenvalue weighted by molar-refractivity contribution is 0.250. The van der Waals surface area contributed by atoms with E-state index in [9.17, 15) is 0 Å². The molecule has 0 aliphatic carbocycles. The quantitative estimate of drug-likeness (QED) is 0.867. The predicted octanol–water partition coefficient (Wildman–Crippen LogP) is 1.25. The molecule has 1 saturated heterocycles. The van der Waals surface area contributed by atoms with Crippen molar-refractivity contribution in [1.29, 1.82) is 0 Å². The van der Waals surface area contributed by atoms with Gasteiger partial charge in [-0.25, -0.2) is 0 Å². The number of halogens is 1. The van der Waals surface area contributed by atoms with E-state index in [4.69, 9.17) is 5.73 Å². The summed E-state index contributed by atoms with van der Waals surface area (Å²) in [6.45, 7) is 6.01. The van der Waals surface area contributed by atoms with Crippen LogP contribution >= 0.6 is 12.4 Å². The lowest BCUT2D eigenvalue weighted by Crippen LogP contribution is -2.34. The first-order valence-corrected chi connectivity index (χ1v) is 5.79. The zero-order valence-corrected chi connectivity index (χ0v) is 10.6. The fourth-order valence-corrected chi connectivity index (χ4v) is 2.27. The average Bonchev–Trinajstić information content (AvgIpc) is 2.87. The van der Waals surface area contributed by atoms with Crippen LogP contribution in [0.1, 0.15) is 25.3 Å². The van der Waals surface area contributed by atoms with Gasteiger partial charge in [-0.15, -0.1) is 12.4 Å². The molecule has 2 rings (SSSR count). The highest BCUT2D eigenvalue weighted by Crippen LogP contribution is 2.18. The van der Waals surface area contributed by atoms with E-state index in [0.717, 1.165) is 19.6 Å². The van der Waals surface area contributed by atoms with Gasteiger partial charge in [0.15, 0.2) is 0 Å². The Morgan fingerprint density at radius 3 is 3.00 bits per heavy atom. The molecule has 1 aliphatic heterocycles. The molecule has 1 aromatic rings. The van der Waals surface area contributed by atoms with Crippen LogP contribution in [0.3, 0.4) is 0 Å². The van der Waals surface area contributed by atoms with Crippen LogP contribution in [0, 0.1) is 0 Å². The molecule has 1 unspecified atom stereocenters. The van der Waals surface area contributed by atoms with Gasteiger partial charge in [0, 0.05) is 37.4 Å². The van der Waals surface area contributed by atoms with Crippen molar-refractivity contribution in [3.63, 3.8) is 0 Å². The van der Waals surface area contributed by atoms with E-state index in [2.05, 4.69) is 23.1 Å². The Labute approximate surface area is 103 Å². The summed E-state index contributed by atoms with van der Waals surface area (Å²) in [5.41, 5.74) is 7.05. The van der Waals surface area contributed by atoms with E-state index in [1.807, 2.05) is 10.9 Å². The van der Waals surface area contributed by atoms with Crippen LogP contribution in [-0.4, -0.2) is 33.8 Å². The van der Waals surface area contributed by atoms with Crippen LogP contribution in [0.2, 0.25) is 0 Å². The molecule has 4 nitrogen and oxygen atoms in total. The lowest BCUT2D eigenvalue weighted by atomic mass is 10.2. The van der Waals surface area contributed by atoms with Gasteiger partial charge < -0.3 is 5.73 Å². The summed E-state index contributed by atoms with van der Waals surface area (Å²) < 4.78 is 1.98. The number of hydrogen-bond donors (Lipinski definition) is 1. The van der Waals surface area contributed by atoms with Gasteiger partial charge in [-0.2, -0.15) is 5.10 Å². The van der Waals surface area contributed by atoms with Crippen LogP contribution in [-0.2, 0) is 13.1 Å². The number of nitrogens with zero attached hydrogens (tertiary/aromatic N) is 3. The Morgan fingerprint density at radius 1 is 1.56 bits per heavy atom. The first-order valence-electron chi connectivity index (χ1n) is 5.79. The van der Waals surface area contributed by atoms with Crippen LogP contribution in [0.15, 0.2) is 12.4 Å². The van der Waals surface area contributed by atoms with E-state index >= 15 is 0 Å². The summed E-state index contributed by atoms with van der Waals surface area (Å²) in [7, 11) is 0. The molecule has 0 aromatic carbocycles. The van der Waals surface area contributed by atoms with Crippen molar-refractivity contribution in [3.8, 4) is 0 Å². The molecule has 2 N–H and O–H groups in total.